The van der Waals surface area contributed by atoms with Crippen LogP contribution in [0.2, 0.25) is 0 Å². The Hall–Kier alpha value is -1.64. The fraction of sp³-hybridized carbons (Fsp3) is 0.286. The molecule has 9 heteroatoms. The van der Waals surface area contributed by atoms with Gasteiger partial charge in [0.05, 0.1) is 11.6 Å². The molecular formula is C14H15ClF3N3OS. The van der Waals surface area contributed by atoms with Gasteiger partial charge in [-0.05, 0) is 24.6 Å². The average Bonchev–Trinajstić information content (AvgIpc) is 2.85. The molecule has 2 aromatic rings. The van der Waals surface area contributed by atoms with Crippen LogP contribution in [0.1, 0.15) is 22.9 Å². The zero-order valence-corrected chi connectivity index (χ0v) is 13.7. The van der Waals surface area contributed by atoms with Gasteiger partial charge in [0.1, 0.15) is 0 Å². The number of halogens is 4. The maximum atomic E-state index is 12.5. The minimum absolute atomic E-state index is 0. The summed E-state index contributed by atoms with van der Waals surface area (Å²) >= 11 is 1.26. The molecule has 3 N–H and O–H groups in total. The summed E-state index contributed by atoms with van der Waals surface area (Å²) in [5, 5.41) is 2.99. The summed E-state index contributed by atoms with van der Waals surface area (Å²) in [6.07, 6.45) is -2.30. The lowest BCUT2D eigenvalue weighted by molar-refractivity contribution is -0.137. The van der Waals surface area contributed by atoms with Gasteiger partial charge < -0.3 is 11.1 Å². The van der Waals surface area contributed by atoms with Gasteiger partial charge in [0, 0.05) is 17.5 Å². The number of nitrogens with two attached hydrogens (primary N) is 1. The summed E-state index contributed by atoms with van der Waals surface area (Å²) < 4.78 is 37.4. The summed E-state index contributed by atoms with van der Waals surface area (Å²) in [5.41, 5.74) is 5.50. The number of nitrogens with one attached hydrogen (secondary N) is 1. The van der Waals surface area contributed by atoms with E-state index in [1.54, 1.807) is 13.1 Å². The molecule has 0 radical (unpaired) electrons. The Bertz CT molecular complexity index is 656. The first kappa shape index (κ1) is 19.4. The summed E-state index contributed by atoms with van der Waals surface area (Å²) in [6.45, 7) is 1.56. The molecule has 0 saturated heterocycles. The molecule has 1 atom stereocenters. The first-order valence-corrected chi connectivity index (χ1v) is 7.24. The monoisotopic (exact) mass is 365 g/mol. The predicted octanol–water partition coefficient (Wildman–Crippen LogP) is 3.46. The largest absolute Gasteiger partial charge is 0.416 e. The van der Waals surface area contributed by atoms with Gasteiger partial charge in [-0.1, -0.05) is 12.1 Å². The number of hydrogen-bond acceptors (Lipinski definition) is 4. The second-order valence-corrected chi connectivity index (χ2v) is 5.90. The lowest BCUT2D eigenvalue weighted by atomic mass is 10.1. The molecule has 0 aliphatic carbocycles. The highest BCUT2D eigenvalue weighted by Gasteiger charge is 2.29. The second kappa shape index (κ2) is 7.76. The van der Waals surface area contributed by atoms with E-state index in [9.17, 15) is 18.0 Å². The number of carbonyl (C=O) groups excluding carboxylic acids is 1. The number of amides is 1. The highest BCUT2D eigenvalue weighted by Crippen LogP contribution is 2.29. The van der Waals surface area contributed by atoms with Crippen LogP contribution in [-0.4, -0.2) is 16.9 Å². The smallest absolute Gasteiger partial charge is 0.320 e. The Morgan fingerprint density at radius 3 is 2.48 bits per heavy atom. The van der Waals surface area contributed by atoms with E-state index in [-0.39, 0.29) is 18.3 Å². The van der Waals surface area contributed by atoms with Crippen molar-refractivity contribution in [3.05, 3.63) is 46.5 Å². The van der Waals surface area contributed by atoms with Crippen molar-refractivity contribution in [3.63, 3.8) is 0 Å². The fourth-order valence-corrected chi connectivity index (χ4v) is 2.53. The number of rotatable bonds is 4. The van der Waals surface area contributed by atoms with Crippen LogP contribution in [0, 0.1) is 0 Å². The summed E-state index contributed by atoms with van der Waals surface area (Å²) in [7, 11) is 0. The Kier molecular flexibility index (Phi) is 6.55. The lowest BCUT2D eigenvalue weighted by Gasteiger charge is -2.07. The van der Waals surface area contributed by atoms with E-state index in [1.165, 1.54) is 23.5 Å². The van der Waals surface area contributed by atoms with E-state index in [0.717, 1.165) is 22.6 Å². The Labute approximate surface area is 141 Å². The van der Waals surface area contributed by atoms with Gasteiger partial charge in [0.25, 0.3) is 0 Å². The number of benzene rings is 1. The van der Waals surface area contributed by atoms with E-state index in [4.69, 9.17) is 5.73 Å². The zero-order chi connectivity index (χ0) is 16.3. The molecule has 126 valence electrons. The second-order valence-electron chi connectivity index (χ2n) is 4.78. The van der Waals surface area contributed by atoms with Crippen molar-refractivity contribution < 1.29 is 18.0 Å². The molecule has 4 nitrogen and oxygen atoms in total. The molecule has 0 fully saturated rings. The molecule has 23 heavy (non-hydrogen) atoms. The number of alkyl halides is 3. The predicted molar refractivity (Wildman–Crippen MR) is 85.9 cm³/mol. The number of nitrogens with zero attached hydrogens (tertiary/aromatic N) is 1. The minimum atomic E-state index is -4.33. The van der Waals surface area contributed by atoms with E-state index in [1.807, 2.05) is 0 Å². The summed E-state index contributed by atoms with van der Waals surface area (Å²) in [6, 6.07) is 4.33. The Balaban J connectivity index is 0.00000264. The van der Waals surface area contributed by atoms with Gasteiger partial charge in [-0.3, -0.25) is 4.79 Å². The van der Waals surface area contributed by atoms with Crippen LogP contribution in [0.5, 0.6) is 0 Å². The first-order valence-electron chi connectivity index (χ1n) is 6.43. The van der Waals surface area contributed by atoms with E-state index in [2.05, 4.69) is 10.3 Å². The highest BCUT2D eigenvalue weighted by molar-refractivity contribution is 7.15. The normalized spacial score (nSPS) is 12.4. The van der Waals surface area contributed by atoms with Crippen LogP contribution in [0.4, 0.5) is 18.3 Å². The molecule has 0 aliphatic rings. The van der Waals surface area contributed by atoms with Gasteiger partial charge in [-0.25, -0.2) is 4.98 Å². The van der Waals surface area contributed by atoms with Crippen LogP contribution in [-0.2, 0) is 17.4 Å². The maximum Gasteiger partial charge on any atom is 0.416 e. The molecule has 2 rings (SSSR count). The average molecular weight is 366 g/mol. The zero-order valence-electron chi connectivity index (χ0n) is 12.1. The van der Waals surface area contributed by atoms with Crippen molar-refractivity contribution in [3.8, 4) is 0 Å². The molecule has 1 heterocycles. The maximum absolute atomic E-state index is 12.5. The number of anilines is 1. The minimum Gasteiger partial charge on any atom is -0.320 e. The number of thiazole rings is 1. The number of hydrogen-bond donors (Lipinski definition) is 2. The standard InChI is InChI=1S/C14H14F3N3OS.ClH/c1-8(18)12(21)20-13-19-7-11(22-13)6-9-2-4-10(5-3-9)14(15,16)17;/h2-5,7-8H,6,18H2,1H3,(H,19,20,21);1H/t8-;/m0./s1. The third-order valence-corrected chi connectivity index (χ3v) is 3.77. The number of aromatic nitrogens is 1. The first-order chi connectivity index (χ1) is 10.3. The van der Waals surface area contributed by atoms with Crippen LogP contribution in [0.25, 0.3) is 0 Å². The van der Waals surface area contributed by atoms with Crippen LogP contribution in [0.15, 0.2) is 30.5 Å². The van der Waals surface area contributed by atoms with Gasteiger partial charge in [0.2, 0.25) is 5.91 Å². The van der Waals surface area contributed by atoms with Crippen molar-refractivity contribution >= 4 is 34.8 Å². The van der Waals surface area contributed by atoms with Crippen molar-refractivity contribution in [1.29, 1.82) is 0 Å². The molecule has 0 spiro atoms. The molecule has 1 amide bonds. The Morgan fingerprint density at radius 2 is 1.96 bits per heavy atom. The Morgan fingerprint density at radius 1 is 1.35 bits per heavy atom. The quantitative estimate of drug-likeness (QED) is 0.871. The molecule has 0 aliphatic heterocycles. The van der Waals surface area contributed by atoms with Crippen LogP contribution >= 0.6 is 23.7 Å². The van der Waals surface area contributed by atoms with Gasteiger partial charge >= 0.3 is 6.18 Å². The van der Waals surface area contributed by atoms with E-state index >= 15 is 0 Å². The van der Waals surface area contributed by atoms with Crippen LogP contribution < -0.4 is 11.1 Å². The molecule has 0 unspecified atom stereocenters. The third-order valence-electron chi connectivity index (χ3n) is 2.86. The molecule has 0 saturated carbocycles. The van der Waals surface area contributed by atoms with Crippen molar-refractivity contribution in [2.75, 3.05) is 5.32 Å². The number of carbonyl (C=O) groups is 1. The summed E-state index contributed by atoms with van der Waals surface area (Å²) in [5.74, 6) is -0.338. The lowest BCUT2D eigenvalue weighted by Crippen LogP contribution is -2.32. The topological polar surface area (TPSA) is 68.0 Å². The molecule has 1 aromatic carbocycles. The molecule has 1 aromatic heterocycles. The van der Waals surface area contributed by atoms with Crippen molar-refractivity contribution in [2.24, 2.45) is 5.73 Å². The molecular weight excluding hydrogens is 351 g/mol. The van der Waals surface area contributed by atoms with Crippen molar-refractivity contribution in [2.45, 2.75) is 25.6 Å². The third kappa shape index (κ3) is 5.49. The van der Waals surface area contributed by atoms with E-state index < -0.39 is 17.8 Å². The van der Waals surface area contributed by atoms with Crippen molar-refractivity contribution in [1.82, 2.24) is 4.98 Å². The van der Waals surface area contributed by atoms with Gasteiger partial charge in [0.15, 0.2) is 5.13 Å². The SMILES string of the molecule is C[C@H](N)C(=O)Nc1ncc(Cc2ccc(C(F)(F)F)cc2)s1.Cl. The highest BCUT2D eigenvalue weighted by atomic mass is 35.5. The van der Waals surface area contributed by atoms with Crippen LogP contribution in [0.3, 0.4) is 0 Å². The molecule has 0 bridgehead atoms. The summed E-state index contributed by atoms with van der Waals surface area (Å²) in [4.78, 5) is 16.3. The van der Waals surface area contributed by atoms with Gasteiger partial charge in [-0.15, -0.1) is 23.7 Å². The fourth-order valence-electron chi connectivity index (χ4n) is 1.68. The van der Waals surface area contributed by atoms with E-state index in [0.29, 0.717) is 11.6 Å². The van der Waals surface area contributed by atoms with Gasteiger partial charge in [-0.2, -0.15) is 13.2 Å².